The molecule has 0 radical (unpaired) electrons. The minimum Gasteiger partial charge on any atom is -0.542 e. The predicted molar refractivity (Wildman–Crippen MR) is 141 cm³/mol. The number of hydrogen-bond donors (Lipinski definition) is 2. The number of amides is 2. The molecule has 2 amide bonds. The molecule has 1 aliphatic rings. The molecule has 1 fully saturated rings. The van der Waals surface area contributed by atoms with Crippen molar-refractivity contribution in [1.29, 1.82) is 0 Å². The van der Waals surface area contributed by atoms with Crippen LogP contribution in [0.4, 0.5) is 18.0 Å². The zero-order valence-electron chi connectivity index (χ0n) is 22.7. The monoisotopic (exact) mass is 565 g/mol. The van der Waals surface area contributed by atoms with Crippen LogP contribution >= 0.6 is 0 Å². The summed E-state index contributed by atoms with van der Waals surface area (Å²) in [4.78, 5) is 36.8. The Morgan fingerprint density at radius 1 is 1.00 bits per heavy atom. The molecule has 1 aliphatic carbocycles. The molecule has 1 saturated carbocycles. The summed E-state index contributed by atoms with van der Waals surface area (Å²) in [6.45, 7) is 0.436. The molecule has 3 rings (SSSR count). The number of ether oxygens (including phenoxy) is 1. The molecule has 2 unspecified atom stereocenters. The number of hydrogen-bond acceptors (Lipinski definition) is 5. The highest BCUT2D eigenvalue weighted by Gasteiger charge is 2.38. The third-order valence-electron chi connectivity index (χ3n) is 6.69. The SMILES string of the molecule is COC(=O)N(CCCc1ccccc1)C(C(=O)NC1CCCCC1)C([NH3+])Cc1ccccc1.O=C([O-])C(F)(F)F. The second-order valence-corrected chi connectivity index (χ2v) is 9.78. The molecule has 0 aromatic heterocycles. The van der Waals surface area contributed by atoms with Crippen molar-refractivity contribution in [2.75, 3.05) is 13.7 Å². The number of aliphatic carboxylic acids is 1. The molecule has 2 aromatic rings. The van der Waals surface area contributed by atoms with E-state index < -0.39 is 24.3 Å². The van der Waals surface area contributed by atoms with Crippen molar-refractivity contribution in [1.82, 2.24) is 10.2 Å². The van der Waals surface area contributed by atoms with Gasteiger partial charge in [0.15, 0.2) is 6.04 Å². The highest BCUT2D eigenvalue weighted by atomic mass is 19.4. The van der Waals surface area contributed by atoms with Crippen LogP contribution in [0.15, 0.2) is 60.7 Å². The molecule has 220 valence electrons. The molecule has 0 saturated heterocycles. The van der Waals surface area contributed by atoms with Gasteiger partial charge in [-0.25, -0.2) is 4.79 Å². The maximum atomic E-state index is 13.5. The van der Waals surface area contributed by atoms with Gasteiger partial charge in [-0.3, -0.25) is 9.69 Å². The summed E-state index contributed by atoms with van der Waals surface area (Å²) in [5.41, 5.74) is 6.65. The zero-order valence-corrected chi connectivity index (χ0v) is 22.7. The standard InChI is InChI=1S/C27H37N3O3.C2HF3O2/c1-33-27(32)30(19-11-16-21-12-5-2-6-13-21)25(24(28)20-22-14-7-3-8-15-22)26(31)29-23-17-9-4-10-18-23;3-2(4,5)1(6)7/h2-3,5-8,12-15,23-25H,4,9-11,16-20,28H2,1H3,(H,29,31);(H,6,7). The van der Waals surface area contributed by atoms with E-state index in [0.717, 1.165) is 44.1 Å². The molecule has 0 heterocycles. The van der Waals surface area contributed by atoms with Crippen LogP contribution in [0.3, 0.4) is 0 Å². The van der Waals surface area contributed by atoms with Gasteiger partial charge >= 0.3 is 12.3 Å². The van der Waals surface area contributed by atoms with E-state index in [-0.39, 0.29) is 18.0 Å². The van der Waals surface area contributed by atoms with Crippen molar-refractivity contribution in [3.05, 3.63) is 71.8 Å². The first kappa shape index (κ1) is 32.6. The number of carbonyl (C=O) groups is 3. The summed E-state index contributed by atoms with van der Waals surface area (Å²) in [6, 6.07) is 19.4. The number of halogens is 3. The number of carboxylic acids is 1. The van der Waals surface area contributed by atoms with Gasteiger partial charge < -0.3 is 25.7 Å². The predicted octanol–water partition coefficient (Wildman–Crippen LogP) is 2.66. The van der Waals surface area contributed by atoms with Gasteiger partial charge in [0.25, 0.3) is 0 Å². The fourth-order valence-corrected chi connectivity index (χ4v) is 4.73. The average Bonchev–Trinajstić information content (AvgIpc) is 2.93. The van der Waals surface area contributed by atoms with E-state index in [2.05, 4.69) is 23.2 Å². The van der Waals surface area contributed by atoms with Crippen molar-refractivity contribution in [3.63, 3.8) is 0 Å². The molecule has 0 spiro atoms. The lowest BCUT2D eigenvalue weighted by Crippen LogP contribution is -2.74. The van der Waals surface area contributed by atoms with Gasteiger partial charge in [0.05, 0.1) is 7.11 Å². The van der Waals surface area contributed by atoms with Crippen LogP contribution in [-0.2, 0) is 27.2 Å². The fraction of sp³-hybridized carbons (Fsp3) is 0.483. The summed E-state index contributed by atoms with van der Waals surface area (Å²) in [6.07, 6.45) is 1.96. The highest BCUT2D eigenvalue weighted by molar-refractivity contribution is 5.86. The molecule has 2 aromatic carbocycles. The van der Waals surface area contributed by atoms with Crippen molar-refractivity contribution >= 4 is 18.0 Å². The van der Waals surface area contributed by atoms with Crippen molar-refractivity contribution in [2.24, 2.45) is 0 Å². The Labute approximate surface area is 232 Å². The molecule has 0 bridgehead atoms. The van der Waals surface area contributed by atoms with Crippen LogP contribution in [0.5, 0.6) is 0 Å². The van der Waals surface area contributed by atoms with Crippen LogP contribution in [0.1, 0.15) is 49.7 Å². The molecule has 11 heteroatoms. The number of alkyl halides is 3. The topological polar surface area (TPSA) is 126 Å². The van der Waals surface area contributed by atoms with Crippen molar-refractivity contribution < 1.29 is 43.1 Å². The first-order valence-electron chi connectivity index (χ1n) is 13.4. The fourth-order valence-electron chi connectivity index (χ4n) is 4.73. The quantitative estimate of drug-likeness (QED) is 0.458. The van der Waals surface area contributed by atoms with Gasteiger partial charge in [0.1, 0.15) is 12.0 Å². The molecular weight excluding hydrogens is 527 g/mol. The van der Waals surface area contributed by atoms with E-state index in [0.29, 0.717) is 13.0 Å². The van der Waals surface area contributed by atoms with Crippen LogP contribution in [0.25, 0.3) is 0 Å². The molecule has 4 N–H and O–H groups in total. The Bertz CT molecular complexity index is 1050. The van der Waals surface area contributed by atoms with E-state index in [4.69, 9.17) is 14.6 Å². The second-order valence-electron chi connectivity index (χ2n) is 9.78. The van der Waals surface area contributed by atoms with Gasteiger partial charge in [-0.05, 0) is 36.8 Å². The first-order valence-corrected chi connectivity index (χ1v) is 13.4. The lowest BCUT2D eigenvalue weighted by atomic mass is 9.93. The number of carbonyl (C=O) groups excluding carboxylic acids is 3. The number of methoxy groups -OCH3 is 1. The number of nitrogens with one attached hydrogen (secondary N) is 1. The van der Waals surface area contributed by atoms with E-state index in [1.54, 1.807) is 4.90 Å². The number of benzene rings is 2. The first-order chi connectivity index (χ1) is 19.0. The van der Waals surface area contributed by atoms with Gasteiger partial charge in [-0.15, -0.1) is 0 Å². The van der Waals surface area contributed by atoms with Crippen molar-refractivity contribution in [3.8, 4) is 0 Å². The van der Waals surface area contributed by atoms with Crippen LogP contribution < -0.4 is 16.2 Å². The highest BCUT2D eigenvalue weighted by Crippen LogP contribution is 2.19. The number of quaternary nitrogens is 1. The number of carboxylic acid groups (broad SMARTS) is 1. The zero-order chi connectivity index (χ0) is 29.5. The molecular formula is C29H38F3N3O5. The van der Waals surface area contributed by atoms with E-state index in [1.165, 1.54) is 19.1 Å². The maximum Gasteiger partial charge on any atom is 0.430 e. The summed E-state index contributed by atoms with van der Waals surface area (Å²) in [7, 11) is 1.37. The third kappa shape index (κ3) is 11.3. The lowest BCUT2D eigenvalue weighted by molar-refractivity contribution is -0.426. The Hall–Kier alpha value is -3.60. The van der Waals surface area contributed by atoms with E-state index >= 15 is 0 Å². The number of rotatable bonds is 10. The number of aryl methyl sites for hydroxylation is 1. The average molecular weight is 566 g/mol. The normalized spacial score (nSPS) is 15.1. The molecule has 2 atom stereocenters. The lowest BCUT2D eigenvalue weighted by Gasteiger charge is -2.33. The molecule has 8 nitrogen and oxygen atoms in total. The number of nitrogens with zero attached hydrogens (tertiary/aromatic N) is 1. The molecule has 40 heavy (non-hydrogen) atoms. The smallest absolute Gasteiger partial charge is 0.430 e. The summed E-state index contributed by atoms with van der Waals surface area (Å²) < 4.78 is 36.7. The summed E-state index contributed by atoms with van der Waals surface area (Å²) in [5.74, 6) is -3.13. The maximum absolute atomic E-state index is 13.5. The Balaban J connectivity index is 0.000000708. The van der Waals surface area contributed by atoms with E-state index in [1.807, 2.05) is 48.5 Å². The summed E-state index contributed by atoms with van der Waals surface area (Å²) in [5, 5.41) is 12.0. The second kappa shape index (κ2) is 16.5. The minimum absolute atomic E-state index is 0.122. The minimum atomic E-state index is -5.19. The Kier molecular flexibility index (Phi) is 13.4. The van der Waals surface area contributed by atoms with Gasteiger partial charge in [-0.1, -0.05) is 79.9 Å². The van der Waals surface area contributed by atoms with Gasteiger partial charge in [0, 0.05) is 19.0 Å². The van der Waals surface area contributed by atoms with Gasteiger partial charge in [0.2, 0.25) is 5.91 Å². The van der Waals surface area contributed by atoms with Crippen LogP contribution in [0, 0.1) is 0 Å². The third-order valence-corrected chi connectivity index (χ3v) is 6.69. The summed E-state index contributed by atoms with van der Waals surface area (Å²) >= 11 is 0. The van der Waals surface area contributed by atoms with Crippen molar-refractivity contribution in [2.45, 2.75) is 75.7 Å². The van der Waals surface area contributed by atoms with E-state index in [9.17, 15) is 22.8 Å². The van der Waals surface area contributed by atoms with Gasteiger partial charge in [-0.2, -0.15) is 13.2 Å². The Morgan fingerprint density at radius 2 is 1.52 bits per heavy atom. The molecule has 0 aliphatic heterocycles. The largest absolute Gasteiger partial charge is 0.542 e. The van der Waals surface area contributed by atoms with Crippen LogP contribution in [-0.4, -0.2) is 60.8 Å². The Morgan fingerprint density at radius 3 is 2.02 bits per heavy atom. The van der Waals surface area contributed by atoms with Crippen LogP contribution in [0.2, 0.25) is 0 Å².